The molecule has 2 heterocycles. The van der Waals surface area contributed by atoms with Crippen LogP contribution in [-0.4, -0.2) is 40.1 Å². The normalized spacial score (nSPS) is 17.7. The summed E-state index contributed by atoms with van der Waals surface area (Å²) in [6.45, 7) is 5.95. The highest BCUT2D eigenvalue weighted by molar-refractivity contribution is 7.22. The van der Waals surface area contributed by atoms with Crippen molar-refractivity contribution in [3.8, 4) is 0 Å². The number of hydrogen-bond donors (Lipinski definition) is 1. The molecular weight excluding hydrogens is 314 g/mol. The van der Waals surface area contributed by atoms with Gasteiger partial charge in [0.1, 0.15) is 11.6 Å². The Kier molecular flexibility index (Phi) is 3.97. The number of ether oxygens (including phenoxy) is 1. The van der Waals surface area contributed by atoms with E-state index in [1.807, 2.05) is 24.3 Å². The molecule has 6 nitrogen and oxygen atoms in total. The van der Waals surface area contributed by atoms with E-state index in [2.05, 4.69) is 10.3 Å². The van der Waals surface area contributed by atoms with Crippen molar-refractivity contribution in [3.63, 3.8) is 0 Å². The van der Waals surface area contributed by atoms with Gasteiger partial charge < -0.3 is 10.1 Å². The van der Waals surface area contributed by atoms with Crippen molar-refractivity contribution < 1.29 is 14.3 Å². The molecule has 1 atom stereocenters. The number of rotatable bonds is 2. The van der Waals surface area contributed by atoms with Crippen LogP contribution < -0.4 is 5.32 Å². The fourth-order valence-electron chi connectivity index (χ4n) is 2.31. The van der Waals surface area contributed by atoms with Crippen molar-refractivity contribution in [3.05, 3.63) is 24.3 Å². The first-order chi connectivity index (χ1) is 10.8. The smallest absolute Gasteiger partial charge is 0.410 e. The van der Waals surface area contributed by atoms with Gasteiger partial charge in [0.15, 0.2) is 5.13 Å². The highest BCUT2D eigenvalue weighted by Crippen LogP contribution is 2.27. The summed E-state index contributed by atoms with van der Waals surface area (Å²) in [6, 6.07) is 7.21. The van der Waals surface area contributed by atoms with Crippen LogP contribution in [0.4, 0.5) is 9.93 Å². The second-order valence-electron chi connectivity index (χ2n) is 6.45. The van der Waals surface area contributed by atoms with Crippen molar-refractivity contribution in [2.75, 3.05) is 11.9 Å². The number of para-hydroxylation sites is 1. The van der Waals surface area contributed by atoms with E-state index in [0.29, 0.717) is 18.1 Å². The van der Waals surface area contributed by atoms with E-state index in [0.717, 1.165) is 10.2 Å². The minimum atomic E-state index is -0.569. The topological polar surface area (TPSA) is 71.5 Å². The number of benzene rings is 1. The predicted molar refractivity (Wildman–Crippen MR) is 89.6 cm³/mol. The van der Waals surface area contributed by atoms with Gasteiger partial charge in [-0.25, -0.2) is 9.78 Å². The predicted octanol–water partition coefficient (Wildman–Crippen LogP) is 3.24. The second kappa shape index (κ2) is 5.81. The van der Waals surface area contributed by atoms with Crippen molar-refractivity contribution in [2.24, 2.45) is 0 Å². The maximum atomic E-state index is 12.4. The van der Waals surface area contributed by atoms with Crippen LogP contribution in [0.25, 0.3) is 10.2 Å². The van der Waals surface area contributed by atoms with Gasteiger partial charge in [0.05, 0.1) is 10.2 Å². The van der Waals surface area contributed by atoms with Gasteiger partial charge in [0, 0.05) is 6.54 Å². The molecule has 2 aromatic rings. The SMILES string of the molecule is CC(C)(C)OC(=O)N1CC[C@H]1C(=O)Nc1nc2ccccc2s1. The third kappa shape index (κ3) is 3.44. The molecule has 0 bridgehead atoms. The van der Waals surface area contributed by atoms with Crippen LogP contribution >= 0.6 is 11.3 Å². The Hall–Kier alpha value is -2.15. The Morgan fingerprint density at radius 1 is 1.35 bits per heavy atom. The molecule has 0 saturated carbocycles. The molecule has 1 N–H and O–H groups in total. The Labute approximate surface area is 138 Å². The average Bonchev–Trinajstić information content (AvgIpc) is 2.76. The number of likely N-dealkylation sites (tertiary alicyclic amines) is 1. The fourth-order valence-corrected chi connectivity index (χ4v) is 3.18. The van der Waals surface area contributed by atoms with Gasteiger partial charge in [-0.1, -0.05) is 23.5 Å². The number of thiazole rings is 1. The number of nitrogens with one attached hydrogen (secondary N) is 1. The van der Waals surface area contributed by atoms with Crippen LogP contribution in [0.15, 0.2) is 24.3 Å². The molecule has 23 heavy (non-hydrogen) atoms. The number of carbonyl (C=O) groups is 2. The number of carbonyl (C=O) groups excluding carboxylic acids is 2. The second-order valence-corrected chi connectivity index (χ2v) is 7.48. The summed E-state index contributed by atoms with van der Waals surface area (Å²) in [4.78, 5) is 30.2. The first-order valence-corrected chi connectivity index (χ1v) is 8.31. The summed E-state index contributed by atoms with van der Waals surface area (Å²) in [5.74, 6) is -0.221. The zero-order valence-electron chi connectivity index (χ0n) is 13.3. The van der Waals surface area contributed by atoms with E-state index >= 15 is 0 Å². The first kappa shape index (κ1) is 15.7. The number of hydrogen-bond acceptors (Lipinski definition) is 5. The third-order valence-electron chi connectivity index (χ3n) is 3.47. The van der Waals surface area contributed by atoms with Gasteiger partial charge in [-0.2, -0.15) is 0 Å². The van der Waals surface area contributed by atoms with Crippen LogP contribution in [0.1, 0.15) is 27.2 Å². The van der Waals surface area contributed by atoms with E-state index < -0.39 is 17.7 Å². The van der Waals surface area contributed by atoms with Crippen molar-refractivity contribution in [1.82, 2.24) is 9.88 Å². The lowest BCUT2D eigenvalue weighted by molar-refractivity contribution is -0.125. The molecule has 0 radical (unpaired) electrons. The van der Waals surface area contributed by atoms with Crippen LogP contribution in [-0.2, 0) is 9.53 Å². The standard InChI is InChI=1S/C16H19N3O3S/c1-16(2,3)22-15(21)19-9-8-11(19)13(20)18-14-17-10-6-4-5-7-12(10)23-14/h4-7,11H,8-9H2,1-3H3,(H,17,18,20)/t11-/m0/s1. The van der Waals surface area contributed by atoms with E-state index in [-0.39, 0.29) is 5.91 Å². The summed E-state index contributed by atoms with van der Waals surface area (Å²) in [6.07, 6.45) is 0.184. The number of amides is 2. The molecule has 0 spiro atoms. The Morgan fingerprint density at radius 2 is 2.09 bits per heavy atom. The number of nitrogens with zero attached hydrogens (tertiary/aromatic N) is 2. The van der Waals surface area contributed by atoms with Crippen molar-refractivity contribution >= 4 is 38.7 Å². The molecule has 122 valence electrons. The molecule has 1 fully saturated rings. The zero-order chi connectivity index (χ0) is 16.6. The Morgan fingerprint density at radius 3 is 2.70 bits per heavy atom. The van der Waals surface area contributed by atoms with Gasteiger partial charge in [-0.05, 0) is 39.3 Å². The molecule has 1 aliphatic heterocycles. The minimum absolute atomic E-state index is 0.221. The molecule has 1 aliphatic rings. The van der Waals surface area contributed by atoms with Gasteiger partial charge in [0.2, 0.25) is 5.91 Å². The molecule has 3 rings (SSSR count). The van der Waals surface area contributed by atoms with Gasteiger partial charge in [0.25, 0.3) is 0 Å². The summed E-state index contributed by atoms with van der Waals surface area (Å²) in [7, 11) is 0. The van der Waals surface area contributed by atoms with E-state index in [9.17, 15) is 9.59 Å². The van der Waals surface area contributed by atoms with Gasteiger partial charge in [-0.15, -0.1) is 0 Å². The summed E-state index contributed by atoms with van der Waals surface area (Å²) < 4.78 is 6.33. The molecule has 7 heteroatoms. The molecule has 2 amide bonds. The molecular formula is C16H19N3O3S. The largest absolute Gasteiger partial charge is 0.444 e. The lowest BCUT2D eigenvalue weighted by Crippen LogP contribution is -2.57. The number of aromatic nitrogens is 1. The van der Waals surface area contributed by atoms with Crippen LogP contribution in [0.2, 0.25) is 0 Å². The molecule has 0 aliphatic carbocycles. The van der Waals surface area contributed by atoms with Crippen LogP contribution in [0.3, 0.4) is 0 Å². The summed E-state index contributed by atoms with van der Waals surface area (Å²) in [5.41, 5.74) is 0.284. The Bertz CT molecular complexity index is 717. The fraction of sp³-hybridized carbons (Fsp3) is 0.438. The van der Waals surface area contributed by atoms with E-state index in [1.165, 1.54) is 16.2 Å². The summed E-state index contributed by atoms with van der Waals surface area (Å²) in [5, 5.41) is 3.35. The van der Waals surface area contributed by atoms with Gasteiger partial charge >= 0.3 is 6.09 Å². The maximum absolute atomic E-state index is 12.4. The lowest BCUT2D eigenvalue weighted by atomic mass is 10.0. The lowest BCUT2D eigenvalue weighted by Gasteiger charge is -2.39. The Balaban J connectivity index is 1.65. The quantitative estimate of drug-likeness (QED) is 0.916. The minimum Gasteiger partial charge on any atom is -0.444 e. The van der Waals surface area contributed by atoms with Gasteiger partial charge in [-0.3, -0.25) is 9.69 Å². The average molecular weight is 333 g/mol. The van der Waals surface area contributed by atoms with Crippen molar-refractivity contribution in [2.45, 2.75) is 38.8 Å². The third-order valence-corrected chi connectivity index (χ3v) is 4.43. The number of fused-ring (bicyclic) bond motifs is 1. The highest BCUT2D eigenvalue weighted by Gasteiger charge is 2.40. The van der Waals surface area contributed by atoms with E-state index in [4.69, 9.17) is 4.74 Å². The van der Waals surface area contributed by atoms with E-state index in [1.54, 1.807) is 20.8 Å². The summed E-state index contributed by atoms with van der Waals surface area (Å²) >= 11 is 1.42. The molecule has 1 saturated heterocycles. The molecule has 1 aromatic heterocycles. The zero-order valence-corrected chi connectivity index (χ0v) is 14.1. The molecule has 0 unspecified atom stereocenters. The molecule has 1 aromatic carbocycles. The monoisotopic (exact) mass is 333 g/mol. The highest BCUT2D eigenvalue weighted by atomic mass is 32.1. The van der Waals surface area contributed by atoms with Crippen molar-refractivity contribution in [1.29, 1.82) is 0 Å². The first-order valence-electron chi connectivity index (χ1n) is 7.49. The van der Waals surface area contributed by atoms with Crippen LogP contribution in [0.5, 0.6) is 0 Å². The maximum Gasteiger partial charge on any atom is 0.410 e. The van der Waals surface area contributed by atoms with Crippen LogP contribution in [0, 0.1) is 0 Å². The number of anilines is 1.